The van der Waals surface area contributed by atoms with Crippen LogP contribution in [0.25, 0.3) is 0 Å². The lowest BCUT2D eigenvalue weighted by atomic mass is 10.2. The Hall–Kier alpha value is -2.11. The van der Waals surface area contributed by atoms with Gasteiger partial charge in [0.1, 0.15) is 6.04 Å². The number of rotatable bonds is 6. The van der Waals surface area contributed by atoms with Gasteiger partial charge >= 0.3 is 5.97 Å². The summed E-state index contributed by atoms with van der Waals surface area (Å²) in [6.45, 7) is 3.07. The van der Waals surface area contributed by atoms with Crippen molar-refractivity contribution >= 4 is 11.9 Å². The third kappa shape index (κ3) is 4.24. The van der Waals surface area contributed by atoms with Crippen molar-refractivity contribution in [3.63, 3.8) is 0 Å². The molecule has 1 aromatic rings. The Kier molecular flexibility index (Phi) is 5.29. The Bertz CT molecular complexity index is 464. The second kappa shape index (κ2) is 6.72. The summed E-state index contributed by atoms with van der Waals surface area (Å²) in [6.07, 6.45) is -0.724. The maximum absolute atomic E-state index is 13.3. The topological polar surface area (TPSA) is 75.6 Å². The number of carboxylic acids is 1. The number of benzene rings is 1. The van der Waals surface area contributed by atoms with Crippen LogP contribution in [0.5, 0.6) is 5.75 Å². The zero-order valence-electron chi connectivity index (χ0n) is 10.7. The molecule has 104 valence electrons. The molecule has 5 nitrogen and oxygen atoms in total. The SMILES string of the molecule is CC[C@@H](NC(=O)C(C)Oc1ccccc1F)C(=O)O. The zero-order chi connectivity index (χ0) is 14.4. The number of nitrogens with one attached hydrogen (secondary N) is 1. The van der Waals surface area contributed by atoms with Crippen molar-refractivity contribution in [3.05, 3.63) is 30.1 Å². The molecule has 0 heterocycles. The van der Waals surface area contributed by atoms with Gasteiger partial charge < -0.3 is 15.2 Å². The minimum atomic E-state index is -1.12. The van der Waals surface area contributed by atoms with Gasteiger partial charge in [-0.25, -0.2) is 9.18 Å². The van der Waals surface area contributed by atoms with Gasteiger partial charge in [0, 0.05) is 0 Å². The first-order valence-corrected chi connectivity index (χ1v) is 5.90. The molecule has 0 aliphatic rings. The normalized spacial score (nSPS) is 13.4. The van der Waals surface area contributed by atoms with Crippen molar-refractivity contribution in [3.8, 4) is 5.75 Å². The fraction of sp³-hybridized carbons (Fsp3) is 0.385. The van der Waals surface area contributed by atoms with Crippen LogP contribution in [0.2, 0.25) is 0 Å². The highest BCUT2D eigenvalue weighted by atomic mass is 19.1. The molecule has 1 unspecified atom stereocenters. The largest absolute Gasteiger partial charge is 0.480 e. The summed E-state index contributed by atoms with van der Waals surface area (Å²) in [5.41, 5.74) is 0. The number of carbonyl (C=O) groups excluding carboxylic acids is 1. The van der Waals surface area contributed by atoms with E-state index in [0.29, 0.717) is 0 Å². The van der Waals surface area contributed by atoms with E-state index in [9.17, 15) is 14.0 Å². The first-order valence-electron chi connectivity index (χ1n) is 5.90. The Morgan fingerprint density at radius 2 is 2.05 bits per heavy atom. The molecule has 0 saturated carbocycles. The van der Waals surface area contributed by atoms with Crippen LogP contribution in [-0.4, -0.2) is 29.1 Å². The number of carbonyl (C=O) groups is 2. The third-order valence-electron chi connectivity index (χ3n) is 2.53. The Morgan fingerprint density at radius 1 is 1.42 bits per heavy atom. The van der Waals surface area contributed by atoms with Gasteiger partial charge in [-0.15, -0.1) is 0 Å². The van der Waals surface area contributed by atoms with E-state index in [1.165, 1.54) is 25.1 Å². The lowest BCUT2D eigenvalue weighted by molar-refractivity contribution is -0.143. The van der Waals surface area contributed by atoms with Gasteiger partial charge in [-0.2, -0.15) is 0 Å². The van der Waals surface area contributed by atoms with Gasteiger partial charge in [-0.05, 0) is 25.5 Å². The van der Waals surface area contributed by atoms with E-state index >= 15 is 0 Å². The van der Waals surface area contributed by atoms with E-state index < -0.39 is 29.8 Å². The molecule has 0 aliphatic carbocycles. The maximum atomic E-state index is 13.3. The molecule has 0 aromatic heterocycles. The van der Waals surface area contributed by atoms with Crippen molar-refractivity contribution in [2.24, 2.45) is 0 Å². The zero-order valence-corrected chi connectivity index (χ0v) is 10.7. The molecule has 1 aromatic carbocycles. The molecule has 2 N–H and O–H groups in total. The summed E-state index contributed by atoms with van der Waals surface area (Å²) in [7, 11) is 0. The minimum Gasteiger partial charge on any atom is -0.480 e. The Morgan fingerprint density at radius 3 is 2.58 bits per heavy atom. The van der Waals surface area contributed by atoms with Crippen molar-refractivity contribution in [1.82, 2.24) is 5.32 Å². The Labute approximate surface area is 110 Å². The monoisotopic (exact) mass is 269 g/mol. The molecule has 19 heavy (non-hydrogen) atoms. The highest BCUT2D eigenvalue weighted by Crippen LogP contribution is 2.17. The maximum Gasteiger partial charge on any atom is 0.326 e. The average molecular weight is 269 g/mol. The van der Waals surface area contributed by atoms with E-state index in [0.717, 1.165) is 0 Å². The second-order valence-corrected chi connectivity index (χ2v) is 4.00. The van der Waals surface area contributed by atoms with Crippen LogP contribution in [0, 0.1) is 5.82 Å². The van der Waals surface area contributed by atoms with Crippen LogP contribution >= 0.6 is 0 Å². The van der Waals surface area contributed by atoms with Crippen LogP contribution in [0.1, 0.15) is 20.3 Å². The number of para-hydroxylation sites is 1. The van der Waals surface area contributed by atoms with Crippen molar-refractivity contribution < 1.29 is 23.8 Å². The van der Waals surface area contributed by atoms with Gasteiger partial charge in [0.05, 0.1) is 0 Å². The van der Waals surface area contributed by atoms with Crippen LogP contribution in [0.4, 0.5) is 4.39 Å². The average Bonchev–Trinajstić information content (AvgIpc) is 2.37. The van der Waals surface area contributed by atoms with E-state index in [1.807, 2.05) is 0 Å². The number of hydrogen-bond donors (Lipinski definition) is 2. The number of carboxylic acid groups (broad SMARTS) is 1. The highest BCUT2D eigenvalue weighted by Gasteiger charge is 2.22. The van der Waals surface area contributed by atoms with Gasteiger partial charge in [-0.3, -0.25) is 4.79 Å². The van der Waals surface area contributed by atoms with Gasteiger partial charge in [0.15, 0.2) is 17.7 Å². The molecule has 6 heteroatoms. The number of hydrogen-bond acceptors (Lipinski definition) is 3. The summed E-state index contributed by atoms with van der Waals surface area (Å²) >= 11 is 0. The smallest absolute Gasteiger partial charge is 0.326 e. The summed E-state index contributed by atoms with van der Waals surface area (Å²) in [4.78, 5) is 22.5. The molecule has 0 spiro atoms. The van der Waals surface area contributed by atoms with E-state index in [1.54, 1.807) is 13.0 Å². The van der Waals surface area contributed by atoms with E-state index in [2.05, 4.69) is 5.32 Å². The summed E-state index contributed by atoms with van der Waals surface area (Å²) in [6, 6.07) is 4.72. The Balaban J connectivity index is 2.63. The van der Waals surface area contributed by atoms with Crippen molar-refractivity contribution in [2.45, 2.75) is 32.4 Å². The molecule has 0 radical (unpaired) electrons. The van der Waals surface area contributed by atoms with E-state index in [-0.39, 0.29) is 12.2 Å². The lowest BCUT2D eigenvalue weighted by Crippen LogP contribution is -2.46. The minimum absolute atomic E-state index is 0.0477. The fourth-order valence-electron chi connectivity index (χ4n) is 1.41. The van der Waals surface area contributed by atoms with Crippen LogP contribution in [0.3, 0.4) is 0 Å². The summed E-state index contributed by atoms with van der Waals surface area (Å²) in [5, 5.41) is 11.1. The molecule has 1 amide bonds. The van der Waals surface area contributed by atoms with Crippen LogP contribution < -0.4 is 10.1 Å². The number of ether oxygens (including phenoxy) is 1. The van der Waals surface area contributed by atoms with E-state index in [4.69, 9.17) is 9.84 Å². The predicted octanol–water partition coefficient (Wildman–Crippen LogP) is 1.57. The molecule has 0 fully saturated rings. The molecular formula is C13H16FNO4. The summed E-state index contributed by atoms with van der Waals surface area (Å²) in [5.74, 6) is -2.34. The van der Waals surface area contributed by atoms with Gasteiger partial charge in [-0.1, -0.05) is 19.1 Å². The number of halogens is 1. The number of amides is 1. The number of aliphatic carboxylic acids is 1. The fourth-order valence-corrected chi connectivity index (χ4v) is 1.41. The van der Waals surface area contributed by atoms with Crippen LogP contribution in [0.15, 0.2) is 24.3 Å². The molecule has 2 atom stereocenters. The first kappa shape index (κ1) is 14.9. The first-order chi connectivity index (χ1) is 8.95. The van der Waals surface area contributed by atoms with Crippen molar-refractivity contribution in [1.29, 1.82) is 0 Å². The predicted molar refractivity (Wildman–Crippen MR) is 66.3 cm³/mol. The quantitative estimate of drug-likeness (QED) is 0.822. The molecule has 0 bridgehead atoms. The molecular weight excluding hydrogens is 253 g/mol. The van der Waals surface area contributed by atoms with Crippen LogP contribution in [-0.2, 0) is 9.59 Å². The molecule has 1 rings (SSSR count). The summed E-state index contributed by atoms with van der Waals surface area (Å²) < 4.78 is 18.5. The van der Waals surface area contributed by atoms with Gasteiger partial charge in [0.2, 0.25) is 0 Å². The lowest BCUT2D eigenvalue weighted by Gasteiger charge is -2.18. The molecule has 0 saturated heterocycles. The molecule has 0 aliphatic heterocycles. The highest BCUT2D eigenvalue weighted by molar-refractivity contribution is 5.86. The van der Waals surface area contributed by atoms with Gasteiger partial charge in [0.25, 0.3) is 5.91 Å². The third-order valence-corrected chi connectivity index (χ3v) is 2.53. The second-order valence-electron chi connectivity index (χ2n) is 4.00. The van der Waals surface area contributed by atoms with Crippen molar-refractivity contribution in [2.75, 3.05) is 0 Å². The standard InChI is InChI=1S/C13H16FNO4/c1-3-10(13(17)18)15-12(16)8(2)19-11-7-5-4-6-9(11)14/h4-8,10H,3H2,1-2H3,(H,15,16)(H,17,18)/t8?,10-/m1/s1.